The predicted molar refractivity (Wildman–Crippen MR) is 110 cm³/mol. The molecule has 1 aliphatic heterocycles. The first kappa shape index (κ1) is 18.2. The van der Waals surface area contributed by atoms with Crippen molar-refractivity contribution in [2.24, 2.45) is 0 Å². The number of phenols is 1. The van der Waals surface area contributed by atoms with E-state index in [1.807, 2.05) is 31.3 Å². The Morgan fingerprint density at radius 2 is 1.79 bits per heavy atom. The van der Waals surface area contributed by atoms with Crippen LogP contribution in [0.2, 0.25) is 0 Å². The summed E-state index contributed by atoms with van der Waals surface area (Å²) in [5.41, 5.74) is 3.01. The minimum atomic E-state index is 0.353. The lowest BCUT2D eigenvalue weighted by Crippen LogP contribution is -2.46. The molecule has 0 spiro atoms. The van der Waals surface area contributed by atoms with E-state index in [4.69, 9.17) is 0 Å². The molecule has 2 aromatic heterocycles. The average Bonchev–Trinajstić information content (AvgIpc) is 3.10. The van der Waals surface area contributed by atoms with Gasteiger partial charge in [-0.05, 0) is 25.1 Å². The molecule has 3 aromatic rings. The van der Waals surface area contributed by atoms with Gasteiger partial charge in [0.15, 0.2) is 0 Å². The molecule has 28 heavy (non-hydrogen) atoms. The van der Waals surface area contributed by atoms with Gasteiger partial charge in [-0.1, -0.05) is 24.3 Å². The van der Waals surface area contributed by atoms with Gasteiger partial charge in [0.2, 0.25) is 0 Å². The Kier molecular flexibility index (Phi) is 5.34. The Hall–Kier alpha value is -3.19. The molecule has 1 aromatic carbocycles. The summed E-state index contributed by atoms with van der Waals surface area (Å²) in [4.78, 5) is 13.1. The molecule has 7 nitrogen and oxygen atoms in total. The van der Waals surface area contributed by atoms with Gasteiger partial charge in [-0.3, -0.25) is 4.90 Å². The Balaban J connectivity index is 1.33. The Bertz CT molecular complexity index is 945. The number of benzene rings is 1. The van der Waals surface area contributed by atoms with E-state index in [-0.39, 0.29) is 0 Å². The summed E-state index contributed by atoms with van der Waals surface area (Å²) < 4.78 is 1.75. The SMILES string of the molecule is Cc1c(/C=C/CN2CCN(c3ccccc3O)CC2)cnn1-c1ncccn1. The van der Waals surface area contributed by atoms with E-state index in [1.54, 1.807) is 29.2 Å². The first-order valence-electron chi connectivity index (χ1n) is 9.46. The number of rotatable bonds is 5. The van der Waals surface area contributed by atoms with Crippen molar-refractivity contribution in [3.63, 3.8) is 0 Å². The molecule has 0 atom stereocenters. The van der Waals surface area contributed by atoms with E-state index in [2.05, 4.69) is 37.0 Å². The second-order valence-corrected chi connectivity index (χ2v) is 6.82. The van der Waals surface area contributed by atoms with Crippen LogP contribution in [-0.2, 0) is 0 Å². The maximum Gasteiger partial charge on any atom is 0.250 e. The normalized spacial score (nSPS) is 15.4. The van der Waals surface area contributed by atoms with E-state index < -0.39 is 0 Å². The third-order valence-corrected chi connectivity index (χ3v) is 5.05. The van der Waals surface area contributed by atoms with Crippen LogP contribution < -0.4 is 4.90 Å². The molecule has 1 saturated heterocycles. The van der Waals surface area contributed by atoms with E-state index in [0.717, 1.165) is 49.7 Å². The Morgan fingerprint density at radius 1 is 1.04 bits per heavy atom. The third-order valence-electron chi connectivity index (χ3n) is 5.05. The fourth-order valence-electron chi connectivity index (χ4n) is 3.42. The molecule has 4 rings (SSSR count). The van der Waals surface area contributed by atoms with Crippen molar-refractivity contribution in [3.05, 3.63) is 66.3 Å². The van der Waals surface area contributed by atoms with Crippen LogP contribution in [0.25, 0.3) is 12.0 Å². The number of anilines is 1. The number of aromatic hydroxyl groups is 1. The standard InChI is InChI=1S/C21H24N6O/c1-17-18(16-24-27(17)21-22-9-5-10-23-21)6-4-11-25-12-14-26(15-13-25)19-7-2-3-8-20(19)28/h2-10,16,28H,11-15H2,1H3/b6-4+. The van der Waals surface area contributed by atoms with Crippen LogP contribution in [0.15, 0.2) is 55.0 Å². The number of nitrogens with zero attached hydrogens (tertiary/aromatic N) is 6. The largest absolute Gasteiger partial charge is 0.506 e. The van der Waals surface area contributed by atoms with Crippen molar-refractivity contribution in [3.8, 4) is 11.7 Å². The molecule has 1 aliphatic rings. The molecular formula is C21H24N6O. The topological polar surface area (TPSA) is 70.3 Å². The number of piperazine rings is 1. The van der Waals surface area contributed by atoms with Crippen LogP contribution in [-0.4, -0.2) is 62.5 Å². The first-order chi connectivity index (χ1) is 13.7. The molecule has 0 amide bonds. The molecule has 1 N–H and O–H groups in total. The number of hydrogen-bond donors (Lipinski definition) is 1. The molecular weight excluding hydrogens is 352 g/mol. The third kappa shape index (κ3) is 3.89. The van der Waals surface area contributed by atoms with Gasteiger partial charge in [0.05, 0.1) is 17.6 Å². The Morgan fingerprint density at radius 3 is 2.54 bits per heavy atom. The molecule has 1 fully saturated rings. The lowest BCUT2D eigenvalue weighted by atomic mass is 10.2. The molecule has 3 heterocycles. The van der Waals surface area contributed by atoms with Crippen LogP contribution >= 0.6 is 0 Å². The fourth-order valence-corrected chi connectivity index (χ4v) is 3.42. The first-order valence-corrected chi connectivity index (χ1v) is 9.46. The molecule has 144 valence electrons. The van der Waals surface area contributed by atoms with Crippen molar-refractivity contribution in [2.75, 3.05) is 37.6 Å². The van der Waals surface area contributed by atoms with Gasteiger partial charge >= 0.3 is 0 Å². The summed E-state index contributed by atoms with van der Waals surface area (Å²) >= 11 is 0. The van der Waals surface area contributed by atoms with Crippen LogP contribution in [0.1, 0.15) is 11.3 Å². The summed E-state index contributed by atoms with van der Waals surface area (Å²) in [7, 11) is 0. The Labute approximate surface area is 164 Å². The van der Waals surface area contributed by atoms with Crippen LogP contribution in [0.3, 0.4) is 0 Å². The van der Waals surface area contributed by atoms with Gasteiger partial charge in [-0.15, -0.1) is 0 Å². The zero-order valence-corrected chi connectivity index (χ0v) is 15.9. The van der Waals surface area contributed by atoms with Crippen molar-refractivity contribution >= 4 is 11.8 Å². The van der Waals surface area contributed by atoms with Crippen LogP contribution in [0, 0.1) is 6.92 Å². The predicted octanol–water partition coefficient (Wildman–Crippen LogP) is 2.51. The minimum absolute atomic E-state index is 0.353. The van der Waals surface area contributed by atoms with Gasteiger partial charge in [0.1, 0.15) is 5.75 Å². The lowest BCUT2D eigenvalue weighted by molar-refractivity contribution is 0.283. The minimum Gasteiger partial charge on any atom is -0.506 e. The van der Waals surface area contributed by atoms with E-state index in [1.165, 1.54) is 0 Å². The summed E-state index contributed by atoms with van der Waals surface area (Å²) in [6.45, 7) is 6.67. The van der Waals surface area contributed by atoms with Gasteiger partial charge in [0, 0.05) is 50.7 Å². The van der Waals surface area contributed by atoms with Crippen LogP contribution in [0.4, 0.5) is 5.69 Å². The highest BCUT2D eigenvalue weighted by Gasteiger charge is 2.18. The summed E-state index contributed by atoms with van der Waals surface area (Å²) in [6.07, 6.45) is 9.56. The van der Waals surface area contributed by atoms with E-state index in [0.29, 0.717) is 11.7 Å². The highest BCUT2D eigenvalue weighted by Crippen LogP contribution is 2.27. The smallest absolute Gasteiger partial charge is 0.250 e. The second kappa shape index (κ2) is 8.22. The summed E-state index contributed by atoms with van der Waals surface area (Å²) in [6, 6.07) is 9.33. The second-order valence-electron chi connectivity index (χ2n) is 6.82. The molecule has 0 radical (unpaired) electrons. The lowest BCUT2D eigenvalue weighted by Gasteiger charge is -2.35. The van der Waals surface area contributed by atoms with Gasteiger partial charge in [0.25, 0.3) is 5.95 Å². The zero-order valence-electron chi connectivity index (χ0n) is 15.9. The van der Waals surface area contributed by atoms with E-state index >= 15 is 0 Å². The number of hydrogen-bond acceptors (Lipinski definition) is 6. The zero-order chi connectivity index (χ0) is 19.3. The number of phenolic OH excluding ortho intramolecular Hbond substituents is 1. The number of aromatic nitrogens is 4. The van der Waals surface area contributed by atoms with Crippen molar-refractivity contribution in [1.29, 1.82) is 0 Å². The molecule has 7 heteroatoms. The van der Waals surface area contributed by atoms with E-state index in [9.17, 15) is 5.11 Å². The van der Waals surface area contributed by atoms with Crippen molar-refractivity contribution in [2.45, 2.75) is 6.92 Å². The van der Waals surface area contributed by atoms with Gasteiger partial charge in [-0.2, -0.15) is 5.10 Å². The highest BCUT2D eigenvalue weighted by atomic mass is 16.3. The van der Waals surface area contributed by atoms with Crippen LogP contribution in [0.5, 0.6) is 5.75 Å². The van der Waals surface area contributed by atoms with Crippen molar-refractivity contribution in [1.82, 2.24) is 24.6 Å². The molecule has 0 aliphatic carbocycles. The molecule has 0 unspecified atom stereocenters. The quantitative estimate of drug-likeness (QED) is 0.738. The summed E-state index contributed by atoms with van der Waals surface area (Å²) in [5.74, 6) is 0.936. The molecule has 0 bridgehead atoms. The highest BCUT2D eigenvalue weighted by molar-refractivity contribution is 5.58. The van der Waals surface area contributed by atoms with Crippen molar-refractivity contribution < 1.29 is 5.11 Å². The van der Waals surface area contributed by atoms with Gasteiger partial charge in [-0.25, -0.2) is 14.6 Å². The maximum atomic E-state index is 10.0. The monoisotopic (exact) mass is 376 g/mol. The molecule has 0 saturated carbocycles. The maximum absolute atomic E-state index is 10.0. The van der Waals surface area contributed by atoms with Gasteiger partial charge < -0.3 is 10.0 Å². The fraction of sp³-hybridized carbons (Fsp3) is 0.286. The summed E-state index contributed by atoms with van der Waals surface area (Å²) in [5, 5.41) is 14.4. The number of para-hydroxylation sites is 2. The average molecular weight is 376 g/mol.